The third-order valence-electron chi connectivity index (χ3n) is 4.13. The lowest BCUT2D eigenvalue weighted by Gasteiger charge is -2.14. The van der Waals surface area contributed by atoms with Crippen LogP contribution in [0.25, 0.3) is 0 Å². The Balaban J connectivity index is 0.00000353. The Hall–Kier alpha value is -3.32. The largest absolute Gasteiger partial charge is 0.391 e. The molecule has 0 saturated heterocycles. The number of guanidine groups is 1. The summed E-state index contributed by atoms with van der Waals surface area (Å²) in [7, 11) is -4.07. The summed E-state index contributed by atoms with van der Waals surface area (Å²) >= 11 is 6.00. The van der Waals surface area contributed by atoms with E-state index < -0.39 is 21.5 Å². The fourth-order valence-electron chi connectivity index (χ4n) is 2.58. The first-order valence-corrected chi connectivity index (χ1v) is 10.8. The molecule has 14 heteroatoms. The molecule has 0 aliphatic carbocycles. The molecule has 0 aliphatic heterocycles. The van der Waals surface area contributed by atoms with Crippen molar-refractivity contribution in [3.05, 3.63) is 57.0 Å². The Labute approximate surface area is 197 Å². The first-order valence-electron chi connectivity index (χ1n) is 9.36. The molecule has 33 heavy (non-hydrogen) atoms. The number of aromatic nitrogens is 1. The number of carbonyl (C=O) groups is 1. The Kier molecular flexibility index (Phi) is 10.6. The average Bonchev–Trinajstić information content (AvgIpc) is 2.76. The summed E-state index contributed by atoms with van der Waals surface area (Å²) < 4.78 is 41.9. The Bertz CT molecular complexity index is 1170. The third-order valence-corrected chi connectivity index (χ3v) is 6.05. The zero-order valence-electron chi connectivity index (χ0n) is 18.3. The Morgan fingerprint density at radius 1 is 1.27 bits per heavy atom. The number of hydrogen-bond donors (Lipinski definition) is 4. The highest BCUT2D eigenvalue weighted by molar-refractivity contribution is 7.92. The molecular weight excluding hydrogens is 479 g/mol. The van der Waals surface area contributed by atoms with Crippen LogP contribution in [0.15, 0.2) is 45.2 Å². The number of benzene rings is 1. The van der Waals surface area contributed by atoms with Crippen molar-refractivity contribution in [2.75, 3.05) is 17.9 Å². The van der Waals surface area contributed by atoms with Crippen molar-refractivity contribution < 1.29 is 22.8 Å². The summed E-state index contributed by atoms with van der Waals surface area (Å²) in [5, 5.41) is 6.13. The minimum atomic E-state index is -4.07. The Morgan fingerprint density at radius 2 is 1.94 bits per heavy atom. The molecule has 1 aromatic carbocycles. The molecule has 6 N–H and O–H groups in total. The predicted octanol–water partition coefficient (Wildman–Crippen LogP) is 1.03. The number of pyridine rings is 1. The maximum atomic E-state index is 12.8. The van der Waals surface area contributed by atoms with Crippen molar-refractivity contribution >= 4 is 39.2 Å². The number of rotatable bonds is 9. The van der Waals surface area contributed by atoms with Crippen LogP contribution in [0.3, 0.4) is 0 Å². The van der Waals surface area contributed by atoms with Crippen molar-refractivity contribution in [1.82, 2.24) is 9.88 Å². The lowest BCUT2D eigenvalue weighted by atomic mass is 10.2. The standard InChI is InChI=1S/C18H23ClN6O5S.CH4.FH/c1-11-6-7-14(24-31(28,29)15-5-3-4-13(19)12(15)2)17(27)25(11)10-16(26)22-8-9-30-23-18(20)21;;/h3-7,24H,8-10H2,1-2H3,(H,22,26)(H4,20,21,23);1H4;1H/i/hT. The van der Waals surface area contributed by atoms with Gasteiger partial charge in [0.15, 0.2) is 0 Å². The van der Waals surface area contributed by atoms with E-state index in [1.54, 1.807) is 19.9 Å². The maximum absolute atomic E-state index is 12.8. The lowest BCUT2D eigenvalue weighted by molar-refractivity contribution is -0.122. The van der Waals surface area contributed by atoms with E-state index in [-0.39, 0.29) is 48.7 Å². The van der Waals surface area contributed by atoms with E-state index in [0.29, 0.717) is 11.3 Å². The van der Waals surface area contributed by atoms with Crippen molar-refractivity contribution in [3.63, 3.8) is 0 Å². The minimum absolute atomic E-state index is 0. The van der Waals surface area contributed by atoms with Gasteiger partial charge in [0.25, 0.3) is 17.0 Å². The SMILES string of the molecule is C.Cc1c(Cl)cccc1S(=O)(=O)Nc1ccc(C)n(CC(=O)NCCON=C(N)N)c1=O.[3H]F. The zero-order valence-corrected chi connectivity index (χ0v) is 18.8. The van der Waals surface area contributed by atoms with E-state index in [1.165, 1.54) is 24.3 Å². The predicted molar refractivity (Wildman–Crippen MR) is 126 cm³/mol. The van der Waals surface area contributed by atoms with Crippen LogP contribution in [0.4, 0.5) is 10.4 Å². The van der Waals surface area contributed by atoms with Crippen LogP contribution < -0.4 is 27.1 Å². The summed E-state index contributed by atoms with van der Waals surface area (Å²) in [6.07, 6.45) is 0. The molecule has 0 aliphatic rings. The van der Waals surface area contributed by atoms with Gasteiger partial charge in [0.1, 0.15) is 18.8 Å². The number of nitrogens with two attached hydrogens (primary N) is 2. The molecule has 2 aromatic rings. The molecule has 0 unspecified atom stereocenters. The van der Waals surface area contributed by atoms with Crippen molar-refractivity contribution in [2.45, 2.75) is 32.7 Å². The van der Waals surface area contributed by atoms with Crippen molar-refractivity contribution in [1.29, 1.82) is 1.45 Å². The number of carbonyl (C=O) groups excluding carboxylic acids is 1. The fraction of sp³-hybridized carbons (Fsp3) is 0.316. The first kappa shape index (κ1) is 27.7. The molecule has 0 saturated carbocycles. The number of anilines is 1. The van der Waals surface area contributed by atoms with E-state index in [2.05, 4.69) is 16.6 Å². The number of nitrogens with zero attached hydrogens (tertiary/aromatic N) is 2. The quantitative estimate of drug-likeness (QED) is 0.169. The lowest BCUT2D eigenvalue weighted by Crippen LogP contribution is -2.36. The summed E-state index contributed by atoms with van der Waals surface area (Å²) in [4.78, 5) is 29.6. The van der Waals surface area contributed by atoms with Crippen LogP contribution in [0.5, 0.6) is 0 Å². The number of sulfonamides is 1. The van der Waals surface area contributed by atoms with Crippen LogP contribution in [-0.4, -0.2) is 39.5 Å². The molecule has 1 amide bonds. The van der Waals surface area contributed by atoms with Crippen LogP contribution in [-0.2, 0) is 26.2 Å². The number of nitrogens with one attached hydrogen (secondary N) is 2. The number of halogens is 2. The van der Waals surface area contributed by atoms with Gasteiger partial charge in [0.05, 0.1) is 11.4 Å². The Morgan fingerprint density at radius 3 is 2.58 bits per heavy atom. The van der Waals surface area contributed by atoms with E-state index in [9.17, 15) is 18.0 Å². The van der Waals surface area contributed by atoms with E-state index in [1.807, 2.05) is 0 Å². The average molecular weight is 509 g/mol. The van der Waals surface area contributed by atoms with Gasteiger partial charge in [-0.25, -0.2) is 8.42 Å². The van der Waals surface area contributed by atoms with Gasteiger partial charge < -0.3 is 26.2 Å². The van der Waals surface area contributed by atoms with Crippen LogP contribution in [0.2, 0.25) is 5.02 Å². The summed E-state index contributed by atoms with van der Waals surface area (Å²) in [5.74, 6) is -0.732. The van der Waals surface area contributed by atoms with E-state index in [0.717, 1.165) is 4.57 Å². The second-order valence-corrected chi connectivity index (χ2v) is 8.51. The molecule has 0 radical (unpaired) electrons. The second-order valence-electron chi connectivity index (χ2n) is 6.45. The highest BCUT2D eigenvalue weighted by atomic mass is 35.5. The smallest absolute Gasteiger partial charge is 0.275 e. The molecule has 0 spiro atoms. The molecule has 0 bridgehead atoms. The van der Waals surface area contributed by atoms with Gasteiger partial charge in [-0.05, 0) is 48.8 Å². The van der Waals surface area contributed by atoms with Gasteiger partial charge in [0, 0.05) is 10.7 Å². The van der Waals surface area contributed by atoms with Crippen LogP contribution >= 0.6 is 11.6 Å². The molecular formula is C19H28ClFN6O5S. The monoisotopic (exact) mass is 508 g/mol. The highest BCUT2D eigenvalue weighted by Crippen LogP contribution is 2.24. The van der Waals surface area contributed by atoms with Crippen molar-refractivity contribution in [3.8, 4) is 0 Å². The molecule has 0 atom stereocenters. The van der Waals surface area contributed by atoms with Gasteiger partial charge >= 0.3 is 0 Å². The molecule has 1 heterocycles. The summed E-state index contributed by atoms with van der Waals surface area (Å²) in [6, 6.07) is 7.31. The van der Waals surface area contributed by atoms with Gasteiger partial charge in [-0.3, -0.25) is 19.0 Å². The zero-order chi connectivity index (χ0) is 25.2. The van der Waals surface area contributed by atoms with Gasteiger partial charge in [-0.2, -0.15) is 0 Å². The number of hydrogen-bond acceptors (Lipinski definition) is 6. The van der Waals surface area contributed by atoms with Gasteiger partial charge in [0.2, 0.25) is 11.9 Å². The second kappa shape index (κ2) is 12.6. The topological polar surface area (TPSA) is 171 Å². The minimum Gasteiger partial charge on any atom is -0.391 e. The molecule has 11 nitrogen and oxygen atoms in total. The highest BCUT2D eigenvalue weighted by Gasteiger charge is 2.20. The first-order chi connectivity index (χ1) is 15.5. The molecule has 2 rings (SSSR count). The van der Waals surface area contributed by atoms with E-state index >= 15 is 0 Å². The van der Waals surface area contributed by atoms with Crippen LogP contribution in [0.1, 0.15) is 18.7 Å². The van der Waals surface area contributed by atoms with Crippen LogP contribution in [0, 0.1) is 13.8 Å². The number of aryl methyl sites for hydroxylation is 1. The maximum Gasteiger partial charge on any atom is 0.275 e. The summed E-state index contributed by atoms with van der Waals surface area (Å²) in [5.41, 5.74) is 10.2. The van der Waals surface area contributed by atoms with Crippen molar-refractivity contribution in [2.24, 2.45) is 16.6 Å². The van der Waals surface area contributed by atoms with E-state index in [4.69, 9.17) is 32.6 Å². The number of amides is 1. The fourth-order valence-corrected chi connectivity index (χ4v) is 4.14. The molecule has 1 aromatic heterocycles. The van der Waals surface area contributed by atoms with Gasteiger partial charge in [-0.1, -0.05) is 25.1 Å². The molecule has 184 valence electrons. The normalized spacial score (nSPS) is 10.5. The number of oxime groups is 1. The van der Waals surface area contributed by atoms with Gasteiger partial charge in [-0.15, -0.1) is 0 Å². The third kappa shape index (κ3) is 7.95. The summed E-state index contributed by atoms with van der Waals surface area (Å²) in [6.45, 7) is 2.99. The molecule has 0 fully saturated rings.